The molecule has 2 heterocycles. The number of aromatic nitrogens is 1. The van der Waals surface area contributed by atoms with Gasteiger partial charge in [0.1, 0.15) is 6.10 Å². The van der Waals surface area contributed by atoms with Crippen molar-refractivity contribution in [3.63, 3.8) is 0 Å². The van der Waals surface area contributed by atoms with E-state index in [0.29, 0.717) is 5.88 Å². The van der Waals surface area contributed by atoms with Gasteiger partial charge in [0.15, 0.2) is 0 Å². The Hall–Kier alpha value is -1.89. The fourth-order valence-corrected chi connectivity index (χ4v) is 2.01. The molecule has 99 valence electrons. The van der Waals surface area contributed by atoms with E-state index in [0.717, 1.165) is 32.1 Å². The average molecular weight is 261 g/mol. The van der Waals surface area contributed by atoms with Crippen LogP contribution in [-0.2, 0) is 4.79 Å². The Morgan fingerprint density at radius 3 is 2.89 bits per heavy atom. The molecule has 0 saturated carbocycles. The largest absolute Gasteiger partial charge is 0.478 e. The second-order valence-corrected chi connectivity index (χ2v) is 4.33. The summed E-state index contributed by atoms with van der Waals surface area (Å²) in [5.41, 5.74) is 0.164. The molecule has 1 aromatic rings. The maximum Gasteiger partial charge on any atom is 0.335 e. The van der Waals surface area contributed by atoms with Gasteiger partial charge < -0.3 is 19.4 Å². The Kier molecular flexibility index (Phi) is 4.51. The highest BCUT2D eigenvalue weighted by Gasteiger charge is 2.21. The van der Waals surface area contributed by atoms with Crippen molar-refractivity contribution in [1.29, 1.82) is 0 Å². The molecule has 1 aromatic heterocycles. The van der Waals surface area contributed by atoms with Gasteiger partial charge in [-0.2, -0.15) is 0 Å². The Morgan fingerprint density at radius 1 is 1.53 bits per heavy atom. The molecule has 1 N–H and O–H groups in total. The van der Waals surface area contributed by atoms with Crippen molar-refractivity contribution in [2.45, 2.75) is 18.9 Å². The second-order valence-electron chi connectivity index (χ2n) is 4.33. The third-order valence-electron chi connectivity index (χ3n) is 3.02. The number of pyridine rings is 1. The first-order chi connectivity index (χ1) is 9.19. The van der Waals surface area contributed by atoms with Crippen LogP contribution < -0.4 is 4.74 Å². The van der Waals surface area contributed by atoms with E-state index < -0.39 is 5.97 Å². The third-order valence-corrected chi connectivity index (χ3v) is 3.02. The predicted molar refractivity (Wildman–Crippen MR) is 68.9 cm³/mol. The number of rotatable bonds is 5. The first-order valence-electron chi connectivity index (χ1n) is 6.07. The summed E-state index contributed by atoms with van der Waals surface area (Å²) < 4.78 is 5.67. The first kappa shape index (κ1) is 13.5. The van der Waals surface area contributed by atoms with Crippen LogP contribution in [-0.4, -0.2) is 53.7 Å². The monoisotopic (exact) mass is 261 g/mol. The lowest BCUT2D eigenvalue weighted by Crippen LogP contribution is -2.40. The highest BCUT2D eigenvalue weighted by atomic mass is 16.5. The van der Waals surface area contributed by atoms with Crippen molar-refractivity contribution in [2.75, 3.05) is 13.1 Å². The van der Waals surface area contributed by atoms with Crippen LogP contribution in [0.25, 0.3) is 0 Å². The van der Waals surface area contributed by atoms with E-state index >= 15 is 0 Å². The predicted octanol–water partition coefficient (Wildman–Crippen LogP) is 0.432. The van der Waals surface area contributed by atoms with Crippen molar-refractivity contribution in [2.24, 2.45) is 0 Å². The molecule has 0 aromatic carbocycles. The molecule has 7 heteroatoms. The van der Waals surface area contributed by atoms with E-state index in [1.807, 2.05) is 4.81 Å². The standard InChI is InChI=1S/C12H14BN2O4/c16-8-13-15-5-2-10(3-6-15)19-11-7-9(12(17)18)1-4-14-11/h1,4,7-8,10H,2-3,5-6H2,(H,17,18). The summed E-state index contributed by atoms with van der Waals surface area (Å²) in [6, 6.07) is 2.85. The zero-order chi connectivity index (χ0) is 13.7. The molecular formula is C12H14BN2O4. The van der Waals surface area contributed by atoms with Crippen LogP contribution in [0.4, 0.5) is 0 Å². The average Bonchev–Trinajstić information content (AvgIpc) is 2.42. The molecule has 6 nitrogen and oxygen atoms in total. The number of ether oxygens (including phenoxy) is 1. The van der Waals surface area contributed by atoms with Gasteiger partial charge in [-0.05, 0) is 32.0 Å². The molecule has 1 saturated heterocycles. The van der Waals surface area contributed by atoms with Gasteiger partial charge in [-0.3, -0.25) is 0 Å². The van der Waals surface area contributed by atoms with E-state index in [9.17, 15) is 9.59 Å². The van der Waals surface area contributed by atoms with E-state index in [1.54, 1.807) is 0 Å². The zero-order valence-corrected chi connectivity index (χ0v) is 10.4. The van der Waals surface area contributed by atoms with Crippen molar-refractivity contribution < 1.29 is 19.4 Å². The second kappa shape index (κ2) is 6.33. The summed E-state index contributed by atoms with van der Waals surface area (Å²) in [4.78, 5) is 27.1. The van der Waals surface area contributed by atoms with Gasteiger partial charge in [0, 0.05) is 12.3 Å². The molecule has 1 aliphatic heterocycles. The number of carboxylic acid groups (broad SMARTS) is 1. The first-order valence-corrected chi connectivity index (χ1v) is 6.07. The SMILES string of the molecule is O=C[B]N1CCC(Oc2cc(C(=O)O)ccn2)CC1. The Balaban J connectivity index is 1.90. The number of hydrogen-bond acceptors (Lipinski definition) is 5. The highest BCUT2D eigenvalue weighted by molar-refractivity contribution is 6.64. The zero-order valence-electron chi connectivity index (χ0n) is 10.4. The fraction of sp³-hybridized carbons (Fsp3) is 0.417. The van der Waals surface area contributed by atoms with E-state index in [4.69, 9.17) is 9.84 Å². The molecule has 0 bridgehead atoms. The van der Waals surface area contributed by atoms with Crippen LogP contribution in [0.3, 0.4) is 0 Å². The van der Waals surface area contributed by atoms with Crippen LogP contribution in [0.15, 0.2) is 18.3 Å². The Bertz CT molecular complexity index is 461. The number of carbonyl (C=O) groups is 2. The number of aromatic carboxylic acids is 1. The summed E-state index contributed by atoms with van der Waals surface area (Å²) in [6.07, 6.45) is 3.77. The van der Waals surface area contributed by atoms with Crippen LogP contribution in [0.2, 0.25) is 0 Å². The van der Waals surface area contributed by atoms with E-state index in [-0.39, 0.29) is 11.7 Å². The molecule has 0 spiro atoms. The molecule has 0 atom stereocenters. The van der Waals surface area contributed by atoms with Crippen molar-refractivity contribution in [1.82, 2.24) is 9.79 Å². The number of nitrogens with zero attached hydrogens (tertiary/aromatic N) is 2. The highest BCUT2D eigenvalue weighted by Crippen LogP contribution is 2.17. The van der Waals surface area contributed by atoms with Gasteiger partial charge in [-0.15, -0.1) is 0 Å². The summed E-state index contributed by atoms with van der Waals surface area (Å²) in [5.74, 6) is -0.666. The molecule has 1 fully saturated rings. The molecule has 19 heavy (non-hydrogen) atoms. The molecule has 1 aliphatic rings. The minimum absolute atomic E-state index is 0.00727. The lowest BCUT2D eigenvalue weighted by atomic mass is 9.90. The van der Waals surface area contributed by atoms with Crippen molar-refractivity contribution >= 4 is 19.6 Å². The summed E-state index contributed by atoms with van der Waals surface area (Å²) in [5, 5.41) is 8.88. The number of hydrogen-bond donors (Lipinski definition) is 1. The molecule has 0 amide bonds. The van der Waals surface area contributed by atoms with Crippen LogP contribution in [0.5, 0.6) is 5.88 Å². The number of carbonyl (C=O) groups excluding carboxylic acids is 1. The molecule has 0 unspecified atom stereocenters. The maximum absolute atomic E-state index is 10.8. The van der Waals surface area contributed by atoms with Gasteiger partial charge >= 0.3 is 5.97 Å². The number of piperidine rings is 1. The van der Waals surface area contributed by atoms with Crippen LogP contribution >= 0.6 is 0 Å². The number of carboxylic acids is 1. The maximum atomic E-state index is 10.8. The molecular weight excluding hydrogens is 247 g/mol. The normalized spacial score (nSPS) is 16.8. The van der Waals surface area contributed by atoms with Gasteiger partial charge in [0.05, 0.1) is 11.7 Å². The van der Waals surface area contributed by atoms with E-state index in [1.165, 1.54) is 25.7 Å². The minimum Gasteiger partial charge on any atom is -0.478 e. The lowest BCUT2D eigenvalue weighted by molar-refractivity contribution is 0.0695. The van der Waals surface area contributed by atoms with Crippen LogP contribution in [0, 0.1) is 0 Å². The fourth-order valence-electron chi connectivity index (χ4n) is 2.01. The van der Waals surface area contributed by atoms with Gasteiger partial charge in [-0.25, -0.2) is 9.78 Å². The topological polar surface area (TPSA) is 79.7 Å². The lowest BCUT2D eigenvalue weighted by Gasteiger charge is -2.30. The molecule has 2 rings (SSSR count). The smallest absolute Gasteiger partial charge is 0.335 e. The third kappa shape index (κ3) is 3.79. The van der Waals surface area contributed by atoms with Crippen molar-refractivity contribution in [3.8, 4) is 5.88 Å². The Morgan fingerprint density at radius 2 is 2.26 bits per heavy atom. The van der Waals surface area contributed by atoms with Gasteiger partial charge in [0.25, 0.3) is 7.41 Å². The van der Waals surface area contributed by atoms with Crippen molar-refractivity contribution in [3.05, 3.63) is 23.9 Å². The molecule has 1 radical (unpaired) electrons. The van der Waals surface area contributed by atoms with Gasteiger partial charge in [-0.1, -0.05) is 0 Å². The van der Waals surface area contributed by atoms with Gasteiger partial charge in [0.2, 0.25) is 5.88 Å². The summed E-state index contributed by atoms with van der Waals surface area (Å²) in [7, 11) is 1.53. The quantitative estimate of drug-likeness (QED) is 0.611. The van der Waals surface area contributed by atoms with E-state index in [2.05, 4.69) is 4.98 Å². The molecule has 0 aliphatic carbocycles. The summed E-state index contributed by atoms with van der Waals surface area (Å²) in [6.45, 7) is 1.50. The summed E-state index contributed by atoms with van der Waals surface area (Å²) >= 11 is 0. The minimum atomic E-state index is -0.998. The van der Waals surface area contributed by atoms with Crippen LogP contribution in [0.1, 0.15) is 23.2 Å². The Labute approximate surface area is 111 Å².